The highest BCUT2D eigenvalue weighted by Crippen LogP contribution is 2.31. The van der Waals surface area contributed by atoms with E-state index >= 15 is 0 Å². The standard InChI is InChI=1S/C21H26O/c1-2-16-6-5-9-19(11-10-16)21(22)20-14-12-18(13-15-20)17-7-3-4-8-17/h3-4,7-8,12-17,19H,2,5-6,9-11H2,1H3/t16?,19-/m1/s1. The zero-order chi connectivity index (χ0) is 15.4. The van der Waals surface area contributed by atoms with Crippen molar-refractivity contribution in [1.29, 1.82) is 0 Å². The molecule has 2 atom stereocenters. The molecule has 1 heteroatoms. The lowest BCUT2D eigenvalue weighted by Gasteiger charge is -2.14. The Morgan fingerprint density at radius 2 is 1.73 bits per heavy atom. The van der Waals surface area contributed by atoms with Crippen LogP contribution in [0.4, 0.5) is 0 Å². The first-order valence-electron chi connectivity index (χ1n) is 8.77. The molecule has 0 aliphatic heterocycles. The van der Waals surface area contributed by atoms with Crippen LogP contribution < -0.4 is 0 Å². The van der Waals surface area contributed by atoms with Crippen molar-refractivity contribution < 1.29 is 4.79 Å². The Bertz CT molecular complexity index is 552. The van der Waals surface area contributed by atoms with E-state index in [0.717, 1.165) is 24.3 Å². The van der Waals surface area contributed by atoms with Gasteiger partial charge in [-0.1, -0.05) is 74.8 Å². The number of rotatable bonds is 4. The highest BCUT2D eigenvalue weighted by Gasteiger charge is 2.24. The molecule has 0 N–H and O–H groups in total. The Morgan fingerprint density at radius 3 is 2.41 bits per heavy atom. The Morgan fingerprint density at radius 1 is 1.00 bits per heavy atom. The number of Topliss-reactive ketones (excluding diaryl/α,β-unsaturated/α-hetero) is 1. The van der Waals surface area contributed by atoms with Crippen molar-refractivity contribution in [3.8, 4) is 0 Å². The molecule has 1 aromatic carbocycles. The third-order valence-corrected chi connectivity index (χ3v) is 5.36. The Balaban J connectivity index is 1.66. The second kappa shape index (κ2) is 7.09. The summed E-state index contributed by atoms with van der Waals surface area (Å²) in [5.74, 6) is 1.82. The van der Waals surface area contributed by atoms with Crippen LogP contribution >= 0.6 is 0 Å². The molecule has 3 rings (SSSR count). The second-order valence-electron chi connectivity index (χ2n) is 6.76. The van der Waals surface area contributed by atoms with Gasteiger partial charge in [-0.3, -0.25) is 4.79 Å². The Kier molecular flexibility index (Phi) is 4.92. The van der Waals surface area contributed by atoms with Gasteiger partial charge in [-0.05, 0) is 30.7 Å². The molecule has 2 aliphatic carbocycles. The molecule has 0 heterocycles. The summed E-state index contributed by atoms with van der Waals surface area (Å²) in [5, 5.41) is 0. The third kappa shape index (κ3) is 3.40. The van der Waals surface area contributed by atoms with Gasteiger partial charge in [-0.15, -0.1) is 0 Å². The fraction of sp³-hybridized carbons (Fsp3) is 0.476. The van der Waals surface area contributed by atoms with E-state index in [-0.39, 0.29) is 5.92 Å². The summed E-state index contributed by atoms with van der Waals surface area (Å²) in [7, 11) is 0. The van der Waals surface area contributed by atoms with Gasteiger partial charge >= 0.3 is 0 Å². The van der Waals surface area contributed by atoms with Gasteiger partial charge in [0.05, 0.1) is 0 Å². The first-order valence-corrected chi connectivity index (χ1v) is 8.77. The first-order chi connectivity index (χ1) is 10.8. The molecule has 0 spiro atoms. The smallest absolute Gasteiger partial charge is 0.165 e. The van der Waals surface area contributed by atoms with E-state index < -0.39 is 0 Å². The summed E-state index contributed by atoms with van der Waals surface area (Å²) in [4.78, 5) is 12.8. The molecule has 0 radical (unpaired) electrons. The molecule has 22 heavy (non-hydrogen) atoms. The number of allylic oxidation sites excluding steroid dienone is 4. The lowest BCUT2D eigenvalue weighted by Crippen LogP contribution is -2.14. The third-order valence-electron chi connectivity index (χ3n) is 5.36. The predicted molar refractivity (Wildman–Crippen MR) is 92.1 cm³/mol. The minimum atomic E-state index is 0.244. The number of carbonyl (C=O) groups excluding carboxylic acids is 1. The SMILES string of the molecule is CCC1CCC[C@@H](C(=O)c2ccc(C3C=CC=C3)cc2)CC1. The van der Waals surface area contributed by atoms with Crippen LogP contribution in [0.1, 0.15) is 67.3 Å². The van der Waals surface area contributed by atoms with Gasteiger partial charge in [0.15, 0.2) is 5.78 Å². The quantitative estimate of drug-likeness (QED) is 0.515. The minimum absolute atomic E-state index is 0.244. The van der Waals surface area contributed by atoms with Crippen molar-refractivity contribution in [3.05, 3.63) is 59.7 Å². The summed E-state index contributed by atoms with van der Waals surface area (Å²) in [5.41, 5.74) is 2.17. The number of hydrogen-bond donors (Lipinski definition) is 0. The minimum Gasteiger partial charge on any atom is -0.294 e. The van der Waals surface area contributed by atoms with Gasteiger partial charge in [0, 0.05) is 17.4 Å². The maximum Gasteiger partial charge on any atom is 0.165 e. The highest BCUT2D eigenvalue weighted by molar-refractivity contribution is 5.97. The molecule has 116 valence electrons. The molecular formula is C21H26O. The average molecular weight is 294 g/mol. The lowest BCUT2D eigenvalue weighted by molar-refractivity contribution is 0.0907. The van der Waals surface area contributed by atoms with Gasteiger partial charge in [-0.2, -0.15) is 0 Å². The molecule has 1 nitrogen and oxygen atoms in total. The van der Waals surface area contributed by atoms with E-state index in [4.69, 9.17) is 0 Å². The molecule has 0 saturated heterocycles. The van der Waals surface area contributed by atoms with E-state index in [9.17, 15) is 4.79 Å². The maximum absolute atomic E-state index is 12.8. The van der Waals surface area contributed by atoms with E-state index in [1.807, 2.05) is 12.1 Å². The molecule has 0 aromatic heterocycles. The molecule has 2 aliphatic rings. The second-order valence-corrected chi connectivity index (χ2v) is 6.76. The zero-order valence-corrected chi connectivity index (χ0v) is 13.5. The van der Waals surface area contributed by atoms with E-state index in [2.05, 4.69) is 43.4 Å². The van der Waals surface area contributed by atoms with Crippen LogP contribution in [-0.4, -0.2) is 5.78 Å². The van der Waals surface area contributed by atoms with E-state index in [1.54, 1.807) is 0 Å². The van der Waals surface area contributed by atoms with E-state index in [1.165, 1.54) is 31.2 Å². The van der Waals surface area contributed by atoms with Crippen LogP contribution in [-0.2, 0) is 0 Å². The summed E-state index contributed by atoms with van der Waals surface area (Å²) in [6.45, 7) is 2.28. The lowest BCUT2D eigenvalue weighted by atomic mass is 9.89. The predicted octanol–water partition coefficient (Wildman–Crippen LogP) is 5.69. The van der Waals surface area contributed by atoms with Crippen molar-refractivity contribution in [2.24, 2.45) is 11.8 Å². The van der Waals surface area contributed by atoms with Crippen LogP contribution in [0.15, 0.2) is 48.6 Å². The van der Waals surface area contributed by atoms with Crippen molar-refractivity contribution in [1.82, 2.24) is 0 Å². The zero-order valence-electron chi connectivity index (χ0n) is 13.5. The number of carbonyl (C=O) groups is 1. The van der Waals surface area contributed by atoms with Gasteiger partial charge in [0.2, 0.25) is 0 Å². The largest absolute Gasteiger partial charge is 0.294 e. The fourth-order valence-corrected chi connectivity index (χ4v) is 3.81. The monoisotopic (exact) mass is 294 g/mol. The topological polar surface area (TPSA) is 17.1 Å². The van der Waals surface area contributed by atoms with Crippen LogP contribution in [0.5, 0.6) is 0 Å². The van der Waals surface area contributed by atoms with Crippen molar-refractivity contribution in [3.63, 3.8) is 0 Å². The molecule has 1 saturated carbocycles. The Hall–Kier alpha value is -1.63. The molecule has 1 fully saturated rings. The van der Waals surface area contributed by atoms with E-state index in [0.29, 0.717) is 11.7 Å². The van der Waals surface area contributed by atoms with Crippen molar-refractivity contribution >= 4 is 5.78 Å². The molecule has 1 aromatic rings. The van der Waals surface area contributed by atoms with Crippen LogP contribution in [0.2, 0.25) is 0 Å². The number of ketones is 1. The van der Waals surface area contributed by atoms with Gasteiger partial charge < -0.3 is 0 Å². The van der Waals surface area contributed by atoms with Crippen molar-refractivity contribution in [2.45, 2.75) is 51.4 Å². The fourth-order valence-electron chi connectivity index (χ4n) is 3.81. The van der Waals surface area contributed by atoms with Gasteiger partial charge in [0.1, 0.15) is 0 Å². The van der Waals surface area contributed by atoms with Crippen LogP contribution in [0, 0.1) is 11.8 Å². The van der Waals surface area contributed by atoms with Gasteiger partial charge in [0.25, 0.3) is 0 Å². The average Bonchev–Trinajstić information content (AvgIpc) is 2.99. The normalized spacial score (nSPS) is 25.3. The first kappa shape index (κ1) is 15.3. The summed E-state index contributed by atoms with van der Waals surface area (Å²) < 4.78 is 0. The van der Waals surface area contributed by atoms with Crippen molar-refractivity contribution in [2.75, 3.05) is 0 Å². The summed E-state index contributed by atoms with van der Waals surface area (Å²) in [6.07, 6.45) is 15.7. The molecule has 0 amide bonds. The highest BCUT2D eigenvalue weighted by atomic mass is 16.1. The van der Waals surface area contributed by atoms with Crippen LogP contribution in [0.3, 0.4) is 0 Å². The Labute approximate surface area is 134 Å². The number of hydrogen-bond acceptors (Lipinski definition) is 1. The molecular weight excluding hydrogens is 268 g/mol. The summed E-state index contributed by atoms with van der Waals surface area (Å²) in [6, 6.07) is 8.28. The maximum atomic E-state index is 12.8. The van der Waals surface area contributed by atoms with Crippen LogP contribution in [0.25, 0.3) is 0 Å². The molecule has 0 bridgehead atoms. The number of benzene rings is 1. The molecule has 1 unspecified atom stereocenters. The van der Waals surface area contributed by atoms with Gasteiger partial charge in [-0.25, -0.2) is 0 Å². The summed E-state index contributed by atoms with van der Waals surface area (Å²) >= 11 is 0.